The lowest BCUT2D eigenvalue weighted by Crippen LogP contribution is -2.45. The number of benzene rings is 1. The van der Waals surface area contributed by atoms with Crippen LogP contribution in [-0.2, 0) is 0 Å². The second kappa shape index (κ2) is 4.22. The Morgan fingerprint density at radius 2 is 2.12 bits per heavy atom. The Labute approximate surface area is 106 Å². The first-order chi connectivity index (χ1) is 7.90. The van der Waals surface area contributed by atoms with Crippen LogP contribution in [0.1, 0.15) is 37.0 Å². The fraction of sp³-hybridized carbons (Fsp3) is 0.462. The van der Waals surface area contributed by atoms with Crippen molar-refractivity contribution in [3.63, 3.8) is 0 Å². The minimum absolute atomic E-state index is 0.129. The van der Waals surface area contributed by atoms with E-state index in [0.29, 0.717) is 22.2 Å². The summed E-state index contributed by atoms with van der Waals surface area (Å²) in [5, 5.41) is 3.57. The number of carbonyl (C=O) groups excluding carboxylic acids is 1. The Morgan fingerprint density at radius 3 is 2.65 bits per heavy atom. The Balaban J connectivity index is 2.14. The number of nitrogen functional groups attached to an aromatic ring is 1. The van der Waals surface area contributed by atoms with Crippen molar-refractivity contribution < 1.29 is 4.79 Å². The highest BCUT2D eigenvalue weighted by molar-refractivity contribution is 6.31. The minimum Gasteiger partial charge on any atom is -0.398 e. The molecule has 1 aliphatic carbocycles. The van der Waals surface area contributed by atoms with Crippen molar-refractivity contribution in [2.24, 2.45) is 5.92 Å². The largest absolute Gasteiger partial charge is 0.398 e. The van der Waals surface area contributed by atoms with E-state index >= 15 is 0 Å². The maximum Gasteiger partial charge on any atom is 0.253 e. The number of hydrogen-bond acceptors (Lipinski definition) is 2. The SMILES string of the molecule is CC(C)(NC(=O)c1ccc(Cl)cc1N)C1CC1. The second-order valence-electron chi connectivity index (χ2n) is 5.18. The van der Waals surface area contributed by atoms with E-state index in [4.69, 9.17) is 17.3 Å². The van der Waals surface area contributed by atoms with E-state index in [9.17, 15) is 4.79 Å². The molecule has 2 rings (SSSR count). The van der Waals surface area contributed by atoms with E-state index < -0.39 is 0 Å². The third-order valence-electron chi connectivity index (χ3n) is 3.29. The van der Waals surface area contributed by atoms with E-state index in [1.807, 2.05) is 0 Å². The van der Waals surface area contributed by atoms with E-state index in [-0.39, 0.29) is 11.4 Å². The summed E-state index contributed by atoms with van der Waals surface area (Å²) in [6, 6.07) is 4.94. The third kappa shape index (κ3) is 2.72. The Morgan fingerprint density at radius 1 is 1.47 bits per heavy atom. The molecular formula is C13H17ClN2O. The van der Waals surface area contributed by atoms with Crippen molar-refractivity contribution in [1.29, 1.82) is 0 Å². The molecule has 1 aromatic rings. The highest BCUT2D eigenvalue weighted by Gasteiger charge is 2.38. The lowest BCUT2D eigenvalue weighted by molar-refractivity contribution is 0.0904. The zero-order chi connectivity index (χ0) is 12.6. The fourth-order valence-corrected chi connectivity index (χ4v) is 2.19. The molecule has 3 N–H and O–H groups in total. The summed E-state index contributed by atoms with van der Waals surface area (Å²) >= 11 is 5.80. The van der Waals surface area contributed by atoms with Gasteiger partial charge in [0, 0.05) is 16.2 Å². The minimum atomic E-state index is -0.164. The van der Waals surface area contributed by atoms with Crippen LogP contribution in [0.25, 0.3) is 0 Å². The number of hydrogen-bond donors (Lipinski definition) is 2. The zero-order valence-corrected chi connectivity index (χ0v) is 10.8. The van der Waals surface area contributed by atoms with Crippen LogP contribution in [0.4, 0.5) is 5.69 Å². The molecule has 0 atom stereocenters. The normalized spacial score (nSPS) is 15.7. The third-order valence-corrected chi connectivity index (χ3v) is 3.53. The Kier molecular flexibility index (Phi) is 3.04. The molecular weight excluding hydrogens is 236 g/mol. The maximum absolute atomic E-state index is 12.1. The molecule has 0 spiro atoms. The molecule has 17 heavy (non-hydrogen) atoms. The second-order valence-corrected chi connectivity index (χ2v) is 5.62. The summed E-state index contributed by atoms with van der Waals surface area (Å²) in [6.45, 7) is 4.10. The smallest absolute Gasteiger partial charge is 0.253 e. The number of amides is 1. The van der Waals surface area contributed by atoms with Crippen molar-refractivity contribution in [3.8, 4) is 0 Å². The maximum atomic E-state index is 12.1. The Hall–Kier alpha value is -1.22. The molecule has 0 bridgehead atoms. The summed E-state index contributed by atoms with van der Waals surface area (Å²) < 4.78 is 0. The number of carbonyl (C=O) groups is 1. The lowest BCUT2D eigenvalue weighted by atomic mass is 9.98. The van der Waals surface area contributed by atoms with Crippen molar-refractivity contribution >= 4 is 23.2 Å². The van der Waals surface area contributed by atoms with Gasteiger partial charge in [-0.05, 0) is 50.8 Å². The molecule has 0 aliphatic heterocycles. The quantitative estimate of drug-likeness (QED) is 0.813. The van der Waals surface area contributed by atoms with Gasteiger partial charge in [-0.1, -0.05) is 11.6 Å². The first-order valence-corrected chi connectivity index (χ1v) is 6.15. The van der Waals surface area contributed by atoms with Gasteiger partial charge in [-0.15, -0.1) is 0 Å². The van der Waals surface area contributed by atoms with Gasteiger partial charge in [0.1, 0.15) is 0 Å². The van der Waals surface area contributed by atoms with Gasteiger partial charge >= 0.3 is 0 Å². The zero-order valence-electron chi connectivity index (χ0n) is 10.1. The molecule has 1 fully saturated rings. The van der Waals surface area contributed by atoms with Crippen LogP contribution in [0.3, 0.4) is 0 Å². The number of nitrogens with one attached hydrogen (secondary N) is 1. The fourth-order valence-electron chi connectivity index (χ4n) is 2.01. The van der Waals surface area contributed by atoms with Crippen LogP contribution < -0.4 is 11.1 Å². The van der Waals surface area contributed by atoms with Gasteiger partial charge in [0.05, 0.1) is 5.56 Å². The van der Waals surface area contributed by atoms with E-state index in [1.165, 1.54) is 12.8 Å². The van der Waals surface area contributed by atoms with Crippen molar-refractivity contribution in [2.45, 2.75) is 32.2 Å². The summed E-state index contributed by atoms with van der Waals surface area (Å²) in [6.07, 6.45) is 2.37. The first kappa shape index (κ1) is 12.2. The van der Waals surface area contributed by atoms with Crippen LogP contribution in [0, 0.1) is 5.92 Å². The summed E-state index contributed by atoms with van der Waals surface area (Å²) in [7, 11) is 0. The van der Waals surface area contributed by atoms with Gasteiger partial charge in [-0.3, -0.25) is 4.79 Å². The summed E-state index contributed by atoms with van der Waals surface area (Å²) in [5.74, 6) is 0.455. The van der Waals surface area contributed by atoms with Gasteiger partial charge < -0.3 is 11.1 Å². The molecule has 0 aromatic heterocycles. The highest BCUT2D eigenvalue weighted by Crippen LogP contribution is 2.39. The van der Waals surface area contributed by atoms with E-state index in [2.05, 4.69) is 19.2 Å². The average molecular weight is 253 g/mol. The first-order valence-electron chi connectivity index (χ1n) is 5.77. The molecule has 0 saturated heterocycles. The molecule has 0 radical (unpaired) electrons. The van der Waals surface area contributed by atoms with Crippen LogP contribution in [0.5, 0.6) is 0 Å². The molecule has 1 aromatic carbocycles. The van der Waals surface area contributed by atoms with Crippen LogP contribution in [0.15, 0.2) is 18.2 Å². The topological polar surface area (TPSA) is 55.1 Å². The summed E-state index contributed by atoms with van der Waals surface area (Å²) in [5.41, 5.74) is 6.53. The van der Waals surface area contributed by atoms with Crippen molar-refractivity contribution in [3.05, 3.63) is 28.8 Å². The molecule has 1 aliphatic rings. The molecule has 0 heterocycles. The highest BCUT2D eigenvalue weighted by atomic mass is 35.5. The molecule has 0 unspecified atom stereocenters. The number of anilines is 1. The number of nitrogens with two attached hydrogens (primary N) is 1. The molecule has 3 nitrogen and oxygen atoms in total. The van der Waals surface area contributed by atoms with Crippen LogP contribution in [0.2, 0.25) is 5.02 Å². The number of rotatable bonds is 3. The molecule has 1 saturated carbocycles. The molecule has 4 heteroatoms. The predicted molar refractivity (Wildman–Crippen MR) is 70.1 cm³/mol. The van der Waals surface area contributed by atoms with Crippen molar-refractivity contribution in [1.82, 2.24) is 5.32 Å². The van der Waals surface area contributed by atoms with E-state index in [0.717, 1.165) is 0 Å². The summed E-state index contributed by atoms with van der Waals surface area (Å²) in [4.78, 5) is 12.1. The van der Waals surface area contributed by atoms with Crippen molar-refractivity contribution in [2.75, 3.05) is 5.73 Å². The average Bonchev–Trinajstić information content (AvgIpc) is 2.98. The van der Waals surface area contributed by atoms with Crippen LogP contribution >= 0.6 is 11.6 Å². The Bertz CT molecular complexity index is 453. The molecule has 1 amide bonds. The van der Waals surface area contributed by atoms with E-state index in [1.54, 1.807) is 18.2 Å². The van der Waals surface area contributed by atoms with Gasteiger partial charge in [-0.2, -0.15) is 0 Å². The van der Waals surface area contributed by atoms with Crippen LogP contribution in [-0.4, -0.2) is 11.4 Å². The van der Waals surface area contributed by atoms with Gasteiger partial charge in [0.15, 0.2) is 0 Å². The standard InChI is InChI=1S/C13H17ClN2O/c1-13(2,8-3-4-8)16-12(17)10-6-5-9(14)7-11(10)15/h5-8H,3-4,15H2,1-2H3,(H,16,17). The monoisotopic (exact) mass is 252 g/mol. The molecule has 92 valence electrons. The van der Waals surface area contributed by atoms with Gasteiger partial charge in [0.2, 0.25) is 0 Å². The van der Waals surface area contributed by atoms with Gasteiger partial charge in [-0.25, -0.2) is 0 Å². The number of halogens is 1. The van der Waals surface area contributed by atoms with Gasteiger partial charge in [0.25, 0.3) is 5.91 Å². The lowest BCUT2D eigenvalue weighted by Gasteiger charge is -2.26. The predicted octanol–water partition coefficient (Wildman–Crippen LogP) is 2.84.